The second-order valence-corrected chi connectivity index (χ2v) is 7.47. The van der Waals surface area contributed by atoms with Crippen LogP contribution in [0, 0.1) is 6.92 Å². The van der Waals surface area contributed by atoms with E-state index in [1.807, 2.05) is 57.2 Å². The number of thioether (sulfide) groups is 1. The van der Waals surface area contributed by atoms with Crippen molar-refractivity contribution in [3.8, 4) is 17.1 Å². The van der Waals surface area contributed by atoms with Crippen molar-refractivity contribution < 1.29 is 13.9 Å². The number of carbonyl (C=O) groups is 1. The maximum absolute atomic E-state index is 12.9. The van der Waals surface area contributed by atoms with Crippen LogP contribution in [0.3, 0.4) is 0 Å². The fourth-order valence-electron chi connectivity index (χ4n) is 3.11. The van der Waals surface area contributed by atoms with Crippen LogP contribution < -0.4 is 9.64 Å². The van der Waals surface area contributed by atoms with Crippen LogP contribution in [0.2, 0.25) is 0 Å². The second kappa shape index (κ2) is 7.63. The summed E-state index contributed by atoms with van der Waals surface area (Å²) in [6.45, 7) is 5.70. The zero-order chi connectivity index (χ0) is 19.7. The van der Waals surface area contributed by atoms with Crippen molar-refractivity contribution in [3.05, 3.63) is 47.9 Å². The van der Waals surface area contributed by atoms with E-state index in [0.717, 1.165) is 17.1 Å². The van der Waals surface area contributed by atoms with Crippen LogP contribution in [0.15, 0.2) is 46.0 Å². The van der Waals surface area contributed by atoms with Gasteiger partial charge in [-0.3, -0.25) is 9.69 Å². The summed E-state index contributed by atoms with van der Waals surface area (Å²) >= 11 is 1.48. The molecule has 0 spiro atoms. The molecule has 28 heavy (non-hydrogen) atoms. The number of hydrogen-bond acceptors (Lipinski definition) is 7. The number of aromatic nitrogens is 3. The summed E-state index contributed by atoms with van der Waals surface area (Å²) in [5, 5.41) is 9.11. The minimum absolute atomic E-state index is 0.0876. The van der Waals surface area contributed by atoms with E-state index in [0.29, 0.717) is 34.6 Å². The van der Waals surface area contributed by atoms with Gasteiger partial charge in [-0.15, -0.1) is 10.2 Å². The topological polar surface area (TPSA) is 81.3 Å². The summed E-state index contributed by atoms with van der Waals surface area (Å²) in [4.78, 5) is 19.1. The molecule has 1 aliphatic heterocycles. The first-order chi connectivity index (χ1) is 13.6. The first-order valence-electron chi connectivity index (χ1n) is 9.14. The zero-order valence-corrected chi connectivity index (χ0v) is 16.7. The van der Waals surface area contributed by atoms with E-state index in [-0.39, 0.29) is 5.91 Å². The molecule has 2 aromatic heterocycles. The van der Waals surface area contributed by atoms with E-state index in [4.69, 9.17) is 9.15 Å². The van der Waals surface area contributed by atoms with Crippen LogP contribution in [0.1, 0.15) is 38.0 Å². The van der Waals surface area contributed by atoms with Gasteiger partial charge in [0.15, 0.2) is 11.5 Å². The number of furan rings is 1. The minimum Gasteiger partial charge on any atom is -0.460 e. The highest BCUT2D eigenvalue weighted by Crippen LogP contribution is 2.43. The Morgan fingerprint density at radius 1 is 1.18 bits per heavy atom. The van der Waals surface area contributed by atoms with Gasteiger partial charge < -0.3 is 9.15 Å². The van der Waals surface area contributed by atoms with Crippen molar-refractivity contribution in [2.75, 3.05) is 10.7 Å². The normalized spacial score (nSPS) is 15.4. The molecule has 0 saturated heterocycles. The van der Waals surface area contributed by atoms with Crippen molar-refractivity contribution in [3.63, 3.8) is 0 Å². The van der Waals surface area contributed by atoms with Gasteiger partial charge in [0.05, 0.1) is 5.69 Å². The van der Waals surface area contributed by atoms with Crippen LogP contribution in [-0.2, 0) is 4.79 Å². The van der Waals surface area contributed by atoms with Gasteiger partial charge in [0.1, 0.15) is 5.76 Å². The Labute approximate surface area is 167 Å². The minimum atomic E-state index is -0.778. The Morgan fingerprint density at radius 2 is 2.00 bits per heavy atom. The van der Waals surface area contributed by atoms with E-state index >= 15 is 0 Å². The number of hydrogen-bond donors (Lipinski definition) is 0. The molecule has 1 aromatic carbocycles. The number of amides is 1. The molecule has 1 atom stereocenters. The number of ether oxygens (including phenoxy) is 1. The van der Waals surface area contributed by atoms with Crippen molar-refractivity contribution in [1.82, 2.24) is 15.2 Å². The molecule has 144 valence electrons. The lowest BCUT2D eigenvalue weighted by molar-refractivity contribution is -0.120. The number of nitrogens with zero attached hydrogens (tertiary/aromatic N) is 4. The van der Waals surface area contributed by atoms with Crippen molar-refractivity contribution in [1.29, 1.82) is 0 Å². The van der Waals surface area contributed by atoms with E-state index < -0.39 is 6.23 Å². The highest BCUT2D eigenvalue weighted by molar-refractivity contribution is 7.99. The summed E-state index contributed by atoms with van der Waals surface area (Å²) < 4.78 is 12.1. The molecule has 0 saturated carbocycles. The van der Waals surface area contributed by atoms with Gasteiger partial charge in [0.25, 0.3) is 0 Å². The van der Waals surface area contributed by atoms with Crippen molar-refractivity contribution in [2.24, 2.45) is 0 Å². The van der Waals surface area contributed by atoms with Crippen LogP contribution in [0.5, 0.6) is 5.88 Å². The van der Waals surface area contributed by atoms with Gasteiger partial charge in [-0.2, -0.15) is 4.98 Å². The number of anilines is 1. The predicted octanol–water partition coefficient (Wildman–Crippen LogP) is 4.39. The molecule has 0 unspecified atom stereocenters. The molecule has 0 bridgehead atoms. The first-order valence-corrected chi connectivity index (χ1v) is 10.1. The summed E-state index contributed by atoms with van der Waals surface area (Å²) in [6, 6.07) is 11.2. The molecule has 0 N–H and O–H groups in total. The van der Waals surface area contributed by atoms with Gasteiger partial charge in [0, 0.05) is 12.0 Å². The first kappa shape index (κ1) is 18.5. The molecule has 3 aromatic rings. The molecule has 8 heteroatoms. The number of para-hydroxylation sites is 1. The number of fused-ring (bicyclic) bond motifs is 3. The highest BCUT2D eigenvalue weighted by atomic mass is 32.2. The summed E-state index contributed by atoms with van der Waals surface area (Å²) in [5.41, 5.74) is 1.95. The van der Waals surface area contributed by atoms with Gasteiger partial charge in [-0.05, 0) is 30.9 Å². The standard InChI is InChI=1S/C20H20N4O3S/c1-4-16(25)24-14-9-7-6-8-13(14)17-18(21-20(23-22-17)28-5-2)27-19(24)15-11-10-12(3)26-15/h6-11,19H,4-5H2,1-3H3/t19-/m0/s1. The average molecular weight is 396 g/mol. The third-order valence-electron chi connectivity index (χ3n) is 4.36. The highest BCUT2D eigenvalue weighted by Gasteiger charge is 2.36. The fourth-order valence-corrected chi connectivity index (χ4v) is 3.62. The number of benzene rings is 1. The number of rotatable bonds is 4. The van der Waals surface area contributed by atoms with E-state index in [1.54, 1.807) is 4.90 Å². The summed E-state index contributed by atoms with van der Waals surface area (Å²) in [5.74, 6) is 2.34. The van der Waals surface area contributed by atoms with Gasteiger partial charge in [-0.1, -0.05) is 43.8 Å². The number of carbonyl (C=O) groups excluding carboxylic acids is 1. The van der Waals surface area contributed by atoms with Crippen LogP contribution >= 0.6 is 11.8 Å². The third-order valence-corrected chi connectivity index (χ3v) is 5.08. The lowest BCUT2D eigenvalue weighted by Crippen LogP contribution is -2.37. The Balaban J connectivity index is 1.94. The predicted molar refractivity (Wildman–Crippen MR) is 106 cm³/mol. The van der Waals surface area contributed by atoms with Crippen molar-refractivity contribution in [2.45, 2.75) is 38.6 Å². The maximum atomic E-state index is 12.9. The van der Waals surface area contributed by atoms with Crippen LogP contribution in [0.4, 0.5) is 5.69 Å². The summed E-state index contributed by atoms with van der Waals surface area (Å²) in [6.07, 6.45) is -0.458. The average Bonchev–Trinajstić information content (AvgIpc) is 3.08. The van der Waals surface area contributed by atoms with Gasteiger partial charge in [-0.25, -0.2) is 0 Å². The zero-order valence-electron chi connectivity index (χ0n) is 15.9. The fraction of sp³-hybridized carbons (Fsp3) is 0.300. The van der Waals surface area contributed by atoms with Gasteiger partial charge in [0.2, 0.25) is 23.2 Å². The maximum Gasteiger partial charge on any atom is 0.247 e. The molecular formula is C20H20N4O3S. The smallest absolute Gasteiger partial charge is 0.247 e. The molecule has 1 aliphatic rings. The second-order valence-electron chi connectivity index (χ2n) is 6.23. The molecule has 0 aliphatic carbocycles. The van der Waals surface area contributed by atoms with E-state index in [1.165, 1.54) is 11.8 Å². The third kappa shape index (κ3) is 3.24. The molecule has 0 radical (unpaired) electrons. The van der Waals surface area contributed by atoms with Crippen LogP contribution in [-0.4, -0.2) is 26.8 Å². The van der Waals surface area contributed by atoms with Gasteiger partial charge >= 0.3 is 0 Å². The Morgan fingerprint density at radius 3 is 2.71 bits per heavy atom. The molecule has 3 heterocycles. The summed E-state index contributed by atoms with van der Waals surface area (Å²) in [7, 11) is 0. The lowest BCUT2D eigenvalue weighted by atomic mass is 10.1. The Kier molecular flexibility index (Phi) is 5.04. The molecule has 1 amide bonds. The molecule has 0 fully saturated rings. The SMILES string of the molecule is CCSc1nnc2c(n1)O[C@@H](c1ccc(C)o1)N(C(=O)CC)c1ccccc1-2. The van der Waals surface area contributed by atoms with Crippen molar-refractivity contribution >= 4 is 23.4 Å². The van der Waals surface area contributed by atoms with E-state index in [2.05, 4.69) is 15.2 Å². The molecule has 7 nitrogen and oxygen atoms in total. The monoisotopic (exact) mass is 396 g/mol. The largest absolute Gasteiger partial charge is 0.460 e. The Hall–Kier alpha value is -2.87. The molecular weight excluding hydrogens is 376 g/mol. The molecule has 4 rings (SSSR count). The van der Waals surface area contributed by atoms with Crippen LogP contribution in [0.25, 0.3) is 11.3 Å². The Bertz CT molecular complexity index is 1020. The lowest BCUT2D eigenvalue weighted by Gasteiger charge is -2.28. The van der Waals surface area contributed by atoms with E-state index in [9.17, 15) is 4.79 Å². The number of aryl methyl sites for hydroxylation is 1. The quantitative estimate of drug-likeness (QED) is 0.605.